The lowest BCUT2D eigenvalue weighted by atomic mass is 10.3. The number of hydrogen-bond acceptors (Lipinski definition) is 3. The van der Waals surface area contributed by atoms with Crippen molar-refractivity contribution in [2.24, 2.45) is 0 Å². The zero-order valence-electron chi connectivity index (χ0n) is 30.5. The molecule has 0 atom stereocenters. The zero-order valence-corrected chi connectivity index (χ0v) is 34.5. The lowest BCUT2D eigenvalue weighted by Crippen LogP contribution is -2.66. The van der Waals surface area contributed by atoms with Gasteiger partial charge in [-0.1, -0.05) is 160 Å². The molecular formula is C37H63N3Si4. The minimum Gasteiger partial charge on any atom is -0.321 e. The maximum Gasteiger partial charge on any atom is 0.154 e. The van der Waals surface area contributed by atoms with E-state index in [9.17, 15) is 0 Å². The first-order valence-electron chi connectivity index (χ1n) is 17.3. The van der Waals surface area contributed by atoms with Gasteiger partial charge in [0.25, 0.3) is 0 Å². The second-order valence-electron chi connectivity index (χ2n) is 14.1. The highest BCUT2D eigenvalue weighted by Crippen LogP contribution is 2.15. The Hall–Kier alpha value is -1.59. The molecule has 3 nitrogen and oxygen atoms in total. The predicted molar refractivity (Wildman–Crippen MR) is 210 cm³/mol. The first-order chi connectivity index (χ1) is 20.7. The maximum absolute atomic E-state index is 2.69. The zero-order chi connectivity index (χ0) is 32.9. The van der Waals surface area contributed by atoms with Gasteiger partial charge in [0.05, 0.1) is 0 Å². The van der Waals surface area contributed by atoms with Gasteiger partial charge < -0.3 is 13.7 Å². The summed E-state index contributed by atoms with van der Waals surface area (Å²) < 4.78 is 8.08. The molecule has 0 aliphatic rings. The van der Waals surface area contributed by atoms with Gasteiger partial charge in [-0.2, -0.15) is 0 Å². The van der Waals surface area contributed by atoms with Crippen molar-refractivity contribution >= 4 is 63.9 Å². The van der Waals surface area contributed by atoms with Gasteiger partial charge in [0.2, 0.25) is 0 Å². The third-order valence-electron chi connectivity index (χ3n) is 11.2. The van der Waals surface area contributed by atoms with E-state index in [2.05, 4.69) is 174 Å². The molecule has 0 heterocycles. The fourth-order valence-corrected chi connectivity index (χ4v) is 20.0. The molecule has 3 aromatic carbocycles. The Labute approximate surface area is 276 Å². The fraction of sp³-hybridized carbons (Fsp3) is 0.514. The number of rotatable bonds is 15. The van der Waals surface area contributed by atoms with Crippen molar-refractivity contribution < 1.29 is 0 Å². The summed E-state index contributed by atoms with van der Waals surface area (Å²) >= 11 is 0. The lowest BCUT2D eigenvalue weighted by Gasteiger charge is -2.38. The molecular weight excluding hydrogens is 599 g/mol. The van der Waals surface area contributed by atoms with E-state index in [0.29, 0.717) is 0 Å². The molecule has 0 spiro atoms. The Kier molecular flexibility index (Phi) is 12.5. The van der Waals surface area contributed by atoms with Crippen molar-refractivity contribution in [2.45, 2.75) is 87.4 Å². The van der Waals surface area contributed by atoms with Crippen LogP contribution >= 0.6 is 0 Å². The van der Waals surface area contributed by atoms with Gasteiger partial charge in [0.15, 0.2) is 24.7 Å². The summed E-state index contributed by atoms with van der Waals surface area (Å²) in [7, 11) is -7.33. The van der Waals surface area contributed by atoms with E-state index in [4.69, 9.17) is 0 Å². The van der Waals surface area contributed by atoms with Gasteiger partial charge in [-0.25, -0.2) is 0 Å². The van der Waals surface area contributed by atoms with Gasteiger partial charge >= 0.3 is 0 Å². The van der Waals surface area contributed by atoms with Crippen LogP contribution in [-0.2, 0) is 0 Å². The number of hydrogen-bond donors (Lipinski definition) is 0. The largest absolute Gasteiger partial charge is 0.321 e. The number of benzene rings is 3. The van der Waals surface area contributed by atoms with Crippen molar-refractivity contribution in [1.29, 1.82) is 0 Å². The summed E-state index contributed by atoms with van der Waals surface area (Å²) in [6.07, 6.45) is 0. The molecule has 0 aliphatic carbocycles. The molecule has 242 valence electrons. The van der Waals surface area contributed by atoms with E-state index < -0.39 is 32.8 Å². The maximum atomic E-state index is 2.69. The summed E-state index contributed by atoms with van der Waals surface area (Å²) in [5, 5.41) is 9.12. The molecule has 0 radical (unpaired) electrons. The summed E-state index contributed by atoms with van der Waals surface area (Å²) in [5.41, 5.74) is 0. The molecule has 0 unspecified atom stereocenters. The molecule has 3 aromatic rings. The molecule has 7 heteroatoms. The first-order valence-corrected chi connectivity index (χ1v) is 28.6. The highest BCUT2D eigenvalue weighted by Gasteiger charge is 2.38. The van der Waals surface area contributed by atoms with Crippen LogP contribution in [0, 0.1) is 0 Å². The molecule has 44 heavy (non-hydrogen) atoms. The summed E-state index contributed by atoms with van der Waals surface area (Å²) in [4.78, 5) is 0. The van der Waals surface area contributed by atoms with E-state index in [1.165, 1.54) is 31.1 Å². The molecule has 0 fully saturated rings. The SMILES string of the molecule is CCN(CC)[Si](C)(C)c1ccc([Si](C)(c2ccc([Si](C)(C)N(CC)CC)cc2)c2ccc([Si](C)(C)N(CC)CC)cc2)cc1. The van der Waals surface area contributed by atoms with Crippen molar-refractivity contribution in [3.63, 3.8) is 0 Å². The molecule has 0 aliphatic heterocycles. The van der Waals surface area contributed by atoms with Crippen LogP contribution in [0.15, 0.2) is 72.8 Å². The Morgan fingerprint density at radius 1 is 0.318 bits per heavy atom. The van der Waals surface area contributed by atoms with Crippen LogP contribution < -0.4 is 31.1 Å². The van der Waals surface area contributed by atoms with Crippen molar-refractivity contribution in [3.05, 3.63) is 72.8 Å². The Bertz CT molecular complexity index is 1140. The second-order valence-corrected chi connectivity index (χ2v) is 31.0. The summed E-state index contributed by atoms with van der Waals surface area (Å²) in [5.74, 6) is 0. The monoisotopic (exact) mass is 661 g/mol. The van der Waals surface area contributed by atoms with Crippen molar-refractivity contribution in [2.75, 3.05) is 39.3 Å². The van der Waals surface area contributed by atoms with E-state index in [1.54, 1.807) is 0 Å². The normalized spacial score (nSPS) is 13.4. The Balaban J connectivity index is 2.17. The molecule has 0 saturated heterocycles. The predicted octanol–water partition coefficient (Wildman–Crippen LogP) is 5.05. The number of nitrogens with zero attached hydrogens (tertiary/aromatic N) is 3. The van der Waals surface area contributed by atoms with Crippen molar-refractivity contribution in [1.82, 2.24) is 13.7 Å². The van der Waals surface area contributed by atoms with Crippen molar-refractivity contribution in [3.8, 4) is 0 Å². The van der Waals surface area contributed by atoms with Crippen LogP contribution in [0.3, 0.4) is 0 Å². The minimum atomic E-state index is -2.25. The molecule has 0 saturated carbocycles. The van der Waals surface area contributed by atoms with Gasteiger partial charge in [-0.3, -0.25) is 0 Å². The Morgan fingerprint density at radius 2 is 0.477 bits per heavy atom. The highest BCUT2D eigenvalue weighted by atomic mass is 28.3. The van der Waals surface area contributed by atoms with E-state index >= 15 is 0 Å². The highest BCUT2D eigenvalue weighted by molar-refractivity contribution is 7.10. The van der Waals surface area contributed by atoms with Gasteiger partial charge in [-0.05, 0) is 70.4 Å². The topological polar surface area (TPSA) is 9.72 Å². The molecule has 0 N–H and O–H groups in total. The molecule has 0 bridgehead atoms. The van der Waals surface area contributed by atoms with E-state index in [1.807, 2.05) is 0 Å². The first kappa shape index (κ1) is 36.9. The third kappa shape index (κ3) is 7.04. The van der Waals surface area contributed by atoms with Gasteiger partial charge in [0.1, 0.15) is 8.07 Å². The second kappa shape index (κ2) is 14.9. The van der Waals surface area contributed by atoms with Crippen LogP contribution in [0.5, 0.6) is 0 Å². The smallest absolute Gasteiger partial charge is 0.154 e. The third-order valence-corrected chi connectivity index (χ3v) is 27.5. The standard InChI is InChI=1S/C37H63N3Si4/c1-14-38(15-2)41(7,8)32-20-26-35(27-21-32)44(13,36-28-22-33(23-29-36)42(9,10)39(16-3)17-4)37-30-24-34(25-31-37)43(11,12)40(18-5)19-6/h20-31H,14-19H2,1-13H3. The van der Waals surface area contributed by atoms with Crippen LogP contribution in [0.2, 0.25) is 45.8 Å². The summed E-state index contributed by atoms with van der Waals surface area (Å²) in [6, 6.07) is 29.8. The van der Waals surface area contributed by atoms with Crippen LogP contribution in [0.25, 0.3) is 0 Å². The Morgan fingerprint density at radius 3 is 0.636 bits per heavy atom. The van der Waals surface area contributed by atoms with Crippen LogP contribution in [0.1, 0.15) is 41.5 Å². The van der Waals surface area contributed by atoms with E-state index in [0.717, 1.165) is 39.3 Å². The van der Waals surface area contributed by atoms with E-state index in [-0.39, 0.29) is 0 Å². The average molecular weight is 662 g/mol. The van der Waals surface area contributed by atoms with Gasteiger partial charge in [-0.15, -0.1) is 0 Å². The lowest BCUT2D eigenvalue weighted by molar-refractivity contribution is 0.474. The summed E-state index contributed by atoms with van der Waals surface area (Å²) in [6.45, 7) is 38.1. The fourth-order valence-electron chi connectivity index (χ4n) is 7.72. The molecule has 3 rings (SSSR count). The average Bonchev–Trinajstić information content (AvgIpc) is 3.02. The molecule has 0 amide bonds. The quantitative estimate of drug-likeness (QED) is 0.167. The van der Waals surface area contributed by atoms with Gasteiger partial charge in [0, 0.05) is 0 Å². The minimum absolute atomic E-state index is 1.11. The molecule has 0 aromatic heterocycles. The van der Waals surface area contributed by atoms with Crippen LogP contribution in [-0.4, -0.2) is 85.7 Å². The van der Waals surface area contributed by atoms with Crippen LogP contribution in [0.4, 0.5) is 0 Å².